The van der Waals surface area contributed by atoms with Crippen molar-refractivity contribution < 1.29 is 4.74 Å². The zero-order valence-electron chi connectivity index (χ0n) is 8.79. The maximum absolute atomic E-state index is 8.41. The van der Waals surface area contributed by atoms with E-state index in [1.54, 1.807) is 6.07 Å². The fourth-order valence-electron chi connectivity index (χ4n) is 1.07. The predicted octanol–water partition coefficient (Wildman–Crippen LogP) is 4.18. The normalized spacial score (nSPS) is 9.31. The van der Waals surface area contributed by atoms with E-state index in [4.69, 9.17) is 22.5 Å². The molecule has 0 radical (unpaired) electrons. The van der Waals surface area contributed by atoms with Crippen LogP contribution in [0.1, 0.15) is 12.5 Å². The van der Waals surface area contributed by atoms with Crippen LogP contribution in [0, 0.1) is 0 Å². The largest absolute Gasteiger partial charge is 0.479 e. The standard InChI is InChI=1S/C10H11N3OS2/c1-2-14-10(15)16-7-8-5-3-4-6-9(8)12-13-11/h3-6H,2,7H2,1H3. The first kappa shape index (κ1) is 12.8. The molecule has 0 heterocycles. The summed E-state index contributed by atoms with van der Waals surface area (Å²) in [7, 11) is 0. The first-order valence-electron chi connectivity index (χ1n) is 4.70. The van der Waals surface area contributed by atoms with Crippen LogP contribution < -0.4 is 0 Å². The van der Waals surface area contributed by atoms with E-state index >= 15 is 0 Å². The van der Waals surface area contributed by atoms with E-state index in [-0.39, 0.29) is 0 Å². The highest BCUT2D eigenvalue weighted by atomic mass is 32.2. The number of benzene rings is 1. The van der Waals surface area contributed by atoms with E-state index in [1.807, 2.05) is 25.1 Å². The molecule has 0 saturated carbocycles. The lowest BCUT2D eigenvalue weighted by Crippen LogP contribution is -1.96. The second kappa shape index (κ2) is 7.11. The van der Waals surface area contributed by atoms with Gasteiger partial charge in [0.15, 0.2) is 0 Å². The van der Waals surface area contributed by atoms with Crippen LogP contribution in [0.2, 0.25) is 0 Å². The fraction of sp³-hybridized carbons (Fsp3) is 0.300. The maximum atomic E-state index is 8.41. The molecule has 1 aromatic rings. The molecule has 0 spiro atoms. The third-order valence-corrected chi connectivity index (χ3v) is 3.03. The van der Waals surface area contributed by atoms with Gasteiger partial charge in [-0.2, -0.15) is 0 Å². The van der Waals surface area contributed by atoms with Gasteiger partial charge >= 0.3 is 0 Å². The smallest absolute Gasteiger partial charge is 0.220 e. The molecule has 0 aromatic heterocycles. The summed E-state index contributed by atoms with van der Waals surface area (Å²) in [5, 5.41) is 3.61. The summed E-state index contributed by atoms with van der Waals surface area (Å²) < 4.78 is 5.67. The van der Waals surface area contributed by atoms with Gasteiger partial charge in [0.2, 0.25) is 4.38 Å². The highest BCUT2D eigenvalue weighted by Gasteiger charge is 2.03. The van der Waals surface area contributed by atoms with Crippen molar-refractivity contribution in [2.24, 2.45) is 5.11 Å². The molecule has 0 aliphatic carbocycles. The van der Waals surface area contributed by atoms with Gasteiger partial charge in [-0.1, -0.05) is 41.1 Å². The predicted molar refractivity (Wildman–Crippen MR) is 70.8 cm³/mol. The Balaban J connectivity index is 2.66. The molecule has 0 saturated heterocycles. The molecule has 1 aromatic carbocycles. The van der Waals surface area contributed by atoms with Crippen molar-refractivity contribution >= 4 is 34.0 Å². The molecule has 0 N–H and O–H groups in total. The molecular formula is C10H11N3OS2. The van der Waals surface area contributed by atoms with Crippen molar-refractivity contribution in [1.82, 2.24) is 0 Å². The van der Waals surface area contributed by atoms with E-state index in [0.717, 1.165) is 5.56 Å². The lowest BCUT2D eigenvalue weighted by Gasteiger charge is -2.06. The number of ether oxygens (including phenoxy) is 1. The Labute approximate surface area is 104 Å². The quantitative estimate of drug-likeness (QED) is 0.350. The molecule has 0 fully saturated rings. The van der Waals surface area contributed by atoms with E-state index in [0.29, 0.717) is 22.4 Å². The highest BCUT2D eigenvalue weighted by Crippen LogP contribution is 2.24. The van der Waals surface area contributed by atoms with Crippen LogP contribution in [0.3, 0.4) is 0 Å². The van der Waals surface area contributed by atoms with Gasteiger partial charge < -0.3 is 4.74 Å². The average molecular weight is 253 g/mol. The first-order chi connectivity index (χ1) is 7.77. The van der Waals surface area contributed by atoms with Crippen LogP contribution >= 0.6 is 24.0 Å². The van der Waals surface area contributed by atoms with E-state index < -0.39 is 0 Å². The number of azide groups is 1. The minimum absolute atomic E-state index is 0.512. The van der Waals surface area contributed by atoms with Crippen LogP contribution in [0.4, 0.5) is 5.69 Å². The summed E-state index contributed by atoms with van der Waals surface area (Å²) in [5.41, 5.74) is 9.99. The van der Waals surface area contributed by atoms with Gasteiger partial charge in [0.25, 0.3) is 0 Å². The minimum atomic E-state index is 0.512. The zero-order valence-corrected chi connectivity index (χ0v) is 10.4. The van der Waals surface area contributed by atoms with Crippen molar-refractivity contribution in [1.29, 1.82) is 0 Å². The topological polar surface area (TPSA) is 58.0 Å². The van der Waals surface area contributed by atoms with Gasteiger partial charge in [-0.3, -0.25) is 0 Å². The summed E-state index contributed by atoms with van der Waals surface area (Å²) in [6, 6.07) is 7.42. The molecule has 1 rings (SSSR count). The van der Waals surface area contributed by atoms with Crippen molar-refractivity contribution in [2.75, 3.05) is 6.61 Å². The number of hydrogen-bond donors (Lipinski definition) is 0. The SMILES string of the molecule is CCOC(=S)SCc1ccccc1N=[N+]=[N-]. The second-order valence-corrected chi connectivity index (χ2v) is 4.37. The summed E-state index contributed by atoms with van der Waals surface area (Å²) >= 11 is 6.42. The monoisotopic (exact) mass is 253 g/mol. The lowest BCUT2D eigenvalue weighted by atomic mass is 10.2. The number of thioether (sulfide) groups is 1. The average Bonchev–Trinajstić information content (AvgIpc) is 2.29. The molecule has 16 heavy (non-hydrogen) atoms. The van der Waals surface area contributed by atoms with E-state index in [9.17, 15) is 0 Å². The highest BCUT2D eigenvalue weighted by molar-refractivity contribution is 8.22. The van der Waals surface area contributed by atoms with E-state index in [2.05, 4.69) is 10.0 Å². The Bertz CT molecular complexity index is 416. The number of rotatable bonds is 4. The summed E-state index contributed by atoms with van der Waals surface area (Å²) in [4.78, 5) is 2.78. The third kappa shape index (κ3) is 4.10. The summed E-state index contributed by atoms with van der Waals surface area (Å²) in [6.07, 6.45) is 0. The molecule has 0 atom stereocenters. The summed E-state index contributed by atoms with van der Waals surface area (Å²) in [5.74, 6) is 0.647. The van der Waals surface area contributed by atoms with Crippen LogP contribution in [-0.4, -0.2) is 11.0 Å². The zero-order chi connectivity index (χ0) is 11.8. The van der Waals surface area contributed by atoms with Crippen molar-refractivity contribution in [3.05, 3.63) is 40.3 Å². The van der Waals surface area contributed by atoms with Crippen molar-refractivity contribution in [2.45, 2.75) is 12.7 Å². The second-order valence-electron chi connectivity index (χ2n) is 2.79. The Morgan fingerprint density at radius 1 is 1.56 bits per heavy atom. The van der Waals surface area contributed by atoms with Crippen LogP contribution in [0.15, 0.2) is 29.4 Å². The molecule has 0 unspecified atom stereocenters. The van der Waals surface area contributed by atoms with Crippen LogP contribution in [0.25, 0.3) is 10.4 Å². The fourth-order valence-corrected chi connectivity index (χ4v) is 2.09. The van der Waals surface area contributed by atoms with Gasteiger partial charge in [0, 0.05) is 16.4 Å². The summed E-state index contributed by atoms with van der Waals surface area (Å²) in [6.45, 7) is 2.46. The molecule has 4 nitrogen and oxygen atoms in total. The Hall–Kier alpha value is -1.23. The molecular weight excluding hydrogens is 242 g/mol. The molecule has 0 aliphatic heterocycles. The van der Waals surface area contributed by atoms with Crippen molar-refractivity contribution in [3.63, 3.8) is 0 Å². The number of nitrogens with zero attached hydrogens (tertiary/aromatic N) is 3. The molecule has 0 aliphatic rings. The van der Waals surface area contributed by atoms with E-state index in [1.165, 1.54) is 11.8 Å². The number of hydrogen-bond acceptors (Lipinski definition) is 4. The Morgan fingerprint density at radius 3 is 3.00 bits per heavy atom. The Morgan fingerprint density at radius 2 is 2.31 bits per heavy atom. The van der Waals surface area contributed by atoms with Gasteiger partial charge in [-0.05, 0) is 30.2 Å². The third-order valence-electron chi connectivity index (χ3n) is 1.75. The van der Waals surface area contributed by atoms with Crippen molar-refractivity contribution in [3.8, 4) is 0 Å². The van der Waals surface area contributed by atoms with Gasteiger partial charge in [0.1, 0.15) is 0 Å². The molecule has 0 bridgehead atoms. The number of thiocarbonyl (C=S) groups is 1. The minimum Gasteiger partial charge on any atom is -0.479 e. The van der Waals surface area contributed by atoms with Gasteiger partial charge in [-0.25, -0.2) is 0 Å². The van der Waals surface area contributed by atoms with Crippen LogP contribution in [-0.2, 0) is 10.5 Å². The molecule has 84 valence electrons. The first-order valence-corrected chi connectivity index (χ1v) is 6.10. The molecule has 0 amide bonds. The molecule has 6 heteroatoms. The van der Waals surface area contributed by atoms with Gasteiger partial charge in [0.05, 0.1) is 6.61 Å². The lowest BCUT2D eigenvalue weighted by molar-refractivity contribution is 0.346. The Kier molecular flexibility index (Phi) is 5.71. The van der Waals surface area contributed by atoms with Crippen LogP contribution in [0.5, 0.6) is 0 Å². The maximum Gasteiger partial charge on any atom is 0.220 e. The van der Waals surface area contributed by atoms with Gasteiger partial charge in [-0.15, -0.1) is 0 Å².